The van der Waals surface area contributed by atoms with E-state index in [4.69, 9.17) is 13.9 Å². The van der Waals surface area contributed by atoms with Gasteiger partial charge in [0.25, 0.3) is 26.1 Å². The molecule has 145 heavy (non-hydrogen) atoms. The first kappa shape index (κ1) is 104. The van der Waals surface area contributed by atoms with Crippen molar-refractivity contribution < 1.29 is 86.4 Å². The van der Waals surface area contributed by atoms with Crippen molar-refractivity contribution in [1.82, 2.24) is 35.5 Å². The van der Waals surface area contributed by atoms with Gasteiger partial charge in [0.05, 0.1) is 37.8 Å². The number of hydrogen-bond acceptors (Lipinski definition) is 18. The molecule has 9 aromatic carbocycles. The topological polar surface area (TPSA) is 370 Å². The van der Waals surface area contributed by atoms with Crippen molar-refractivity contribution in [3.8, 4) is 22.5 Å². The molecule has 9 aromatic rings. The molecular formula is C114H126N10O18S3+2. The maximum Gasteiger partial charge on any atom is 0.408 e. The molecule has 7 N–H and O–H groups in total. The van der Waals surface area contributed by atoms with Gasteiger partial charge in [-0.3, -0.25) is 33.1 Å². The summed E-state index contributed by atoms with van der Waals surface area (Å²) in [6.45, 7) is 16.5. The Morgan fingerprint density at radius 1 is 0.572 bits per heavy atom. The second-order valence-electron chi connectivity index (χ2n) is 38.9. The Bertz CT molecular complexity index is 7290. The number of benzene rings is 10. The minimum Gasteiger partial charge on any atom is -0.456 e. The average Bonchev–Trinajstić information content (AvgIpc) is 1.44. The van der Waals surface area contributed by atoms with Gasteiger partial charge in [-0.15, -0.1) is 0 Å². The first-order chi connectivity index (χ1) is 69.6. The lowest BCUT2D eigenvalue weighted by molar-refractivity contribution is -0.433. The summed E-state index contributed by atoms with van der Waals surface area (Å²) >= 11 is 0. The Balaban J connectivity index is 0.492. The number of ether oxygens (including phenoxy) is 2. The van der Waals surface area contributed by atoms with Gasteiger partial charge >= 0.3 is 12.1 Å². The zero-order chi connectivity index (χ0) is 102. The first-order valence-corrected chi connectivity index (χ1v) is 54.3. The number of amides is 5. The van der Waals surface area contributed by atoms with Crippen molar-refractivity contribution in [2.24, 2.45) is 5.92 Å². The van der Waals surface area contributed by atoms with E-state index in [1.54, 1.807) is 98.8 Å². The van der Waals surface area contributed by atoms with E-state index in [1.165, 1.54) is 39.7 Å². The van der Waals surface area contributed by atoms with E-state index in [9.17, 15) is 59.5 Å². The first-order valence-electron chi connectivity index (χ1n) is 50.0. The fraction of sp³-hybridized carbons (Fsp3) is 0.342. The van der Waals surface area contributed by atoms with Gasteiger partial charge in [0.1, 0.15) is 30.5 Å². The van der Waals surface area contributed by atoms with Crippen molar-refractivity contribution >= 4 is 117 Å². The van der Waals surface area contributed by atoms with Crippen molar-refractivity contribution in [3.05, 3.63) is 315 Å². The number of aryl methyl sites for hydroxylation is 2. The second kappa shape index (κ2) is 45.6. The fourth-order valence-corrected chi connectivity index (χ4v) is 23.4. The number of Topliss-reactive ketones (excluding diaryl/α,β-unsaturated/α-hetero) is 1. The largest absolute Gasteiger partial charge is 0.456 e. The lowest BCUT2D eigenvalue weighted by Crippen LogP contribution is -2.53. The van der Waals surface area contributed by atoms with Gasteiger partial charge in [0.15, 0.2) is 24.6 Å². The third-order valence-corrected chi connectivity index (χ3v) is 32.1. The maximum atomic E-state index is 15.1. The highest BCUT2D eigenvalue weighted by molar-refractivity contribution is 7.89. The van der Waals surface area contributed by atoms with Crippen molar-refractivity contribution in [1.29, 1.82) is 0 Å². The fourth-order valence-electron chi connectivity index (χ4n) is 20.7. The summed E-state index contributed by atoms with van der Waals surface area (Å²) in [7, 11) is -13.1. The zero-order valence-corrected chi connectivity index (χ0v) is 85.3. The zero-order valence-electron chi connectivity index (χ0n) is 82.9. The van der Waals surface area contributed by atoms with Crippen LogP contribution in [0.2, 0.25) is 0 Å². The maximum absolute atomic E-state index is 15.1. The number of carbonyl (C=O) groups excluding carboxylic acids is 7. The van der Waals surface area contributed by atoms with Crippen molar-refractivity contribution in [2.45, 2.75) is 195 Å². The van der Waals surface area contributed by atoms with Gasteiger partial charge in [0.2, 0.25) is 44.5 Å². The normalized spacial score (nSPS) is 16.1. The molecular weight excluding hydrogens is 1890 g/mol. The number of unbranched alkanes of at least 4 members (excludes halogenated alkanes) is 6. The quantitative estimate of drug-likeness (QED) is 0.00467. The molecule has 6 aliphatic heterocycles. The molecule has 0 radical (unpaired) electrons. The number of fused-ring (bicyclic) bond motifs is 6. The molecule has 0 unspecified atom stereocenters. The molecule has 0 saturated carbocycles. The Hall–Kier alpha value is -13.8. The van der Waals surface area contributed by atoms with Gasteiger partial charge in [-0.05, 0) is 211 Å². The van der Waals surface area contributed by atoms with E-state index >= 15 is 8.42 Å². The number of hydrogen-bond donors (Lipinski definition) is 7. The molecule has 0 spiro atoms. The molecule has 0 aromatic heterocycles. The van der Waals surface area contributed by atoms with Crippen LogP contribution in [0.1, 0.15) is 183 Å². The highest BCUT2D eigenvalue weighted by Gasteiger charge is 2.46. The van der Waals surface area contributed by atoms with Gasteiger partial charge in [-0.1, -0.05) is 167 Å². The van der Waals surface area contributed by atoms with Gasteiger partial charge < -0.3 is 50.3 Å². The van der Waals surface area contributed by atoms with E-state index in [2.05, 4.69) is 118 Å². The number of esters is 1. The molecule has 1 aliphatic carbocycles. The van der Waals surface area contributed by atoms with E-state index in [0.717, 1.165) is 112 Å². The number of piperidine rings is 1. The number of nitrogens with one attached hydrogen (secondary N) is 5. The third kappa shape index (κ3) is 24.1. The van der Waals surface area contributed by atoms with Crippen LogP contribution in [0.25, 0.3) is 33.4 Å². The Labute approximate surface area is 847 Å². The summed E-state index contributed by atoms with van der Waals surface area (Å²) in [4.78, 5) is 102. The number of nitrogens with zero attached hydrogens (tertiary/aromatic N) is 5. The van der Waals surface area contributed by atoms with Crippen LogP contribution in [-0.4, -0.2) is 168 Å². The van der Waals surface area contributed by atoms with Crippen LogP contribution < -0.4 is 46.3 Å². The van der Waals surface area contributed by atoms with Crippen LogP contribution in [0.4, 0.5) is 33.2 Å². The SMILES string of the molecule is CC[N+]1=C(/C=C/C=C/C=C2\N(CCCCCC(=O)NCCCC[C@H](NC(=O)[C@H](Cc3ccccc3)NC(=O)OCc3ccccc3)C(=O)COC(=O)c3c(C)cc(C(=O)NCCCCCCNC(=O)C4CCN(S(=O)(=O)c5ccccc5-c5c6ccc(=[N+]7CCc8ccccc87)cc-6oc6cc(N7CCc8ccccc87)ccc56)CC4)cc3C)c3ccc(S(=O)(=O)O)cc3C2(C)C)C(C)(C)c2cc(S(=O)(=O)O)ccc21. The lowest BCUT2D eigenvalue weighted by atomic mass is 9.81. The minimum atomic E-state index is -4.53. The summed E-state index contributed by atoms with van der Waals surface area (Å²) in [5.41, 5.74) is 14.8. The van der Waals surface area contributed by atoms with Gasteiger partial charge in [-0.25, -0.2) is 18.0 Å². The highest BCUT2D eigenvalue weighted by Crippen LogP contribution is 2.50. The van der Waals surface area contributed by atoms with E-state index in [0.29, 0.717) is 129 Å². The molecule has 6 heterocycles. The summed E-state index contributed by atoms with van der Waals surface area (Å²) in [5.74, 6) is -2.59. The van der Waals surface area contributed by atoms with Crippen LogP contribution in [0.15, 0.2) is 274 Å². The van der Waals surface area contributed by atoms with Crippen LogP contribution in [0.5, 0.6) is 0 Å². The number of ketones is 1. The predicted octanol–water partition coefficient (Wildman–Crippen LogP) is 17.7. The molecule has 5 amide bonds. The molecule has 756 valence electrons. The number of anilines is 3. The number of para-hydroxylation sites is 2. The van der Waals surface area contributed by atoms with Crippen molar-refractivity contribution in [3.63, 3.8) is 0 Å². The van der Waals surface area contributed by atoms with E-state index in [-0.39, 0.29) is 89.4 Å². The highest BCUT2D eigenvalue weighted by atomic mass is 32.2. The van der Waals surface area contributed by atoms with Crippen LogP contribution >= 0.6 is 0 Å². The van der Waals surface area contributed by atoms with Crippen LogP contribution in [0, 0.1) is 19.8 Å². The number of carbonyl (C=O) groups is 7. The molecule has 16 rings (SSSR count). The predicted molar refractivity (Wildman–Crippen MR) is 561 cm³/mol. The van der Waals surface area contributed by atoms with Crippen LogP contribution in [0.3, 0.4) is 0 Å². The summed E-state index contributed by atoms with van der Waals surface area (Å²) in [6.07, 6.45) is 16.9. The van der Waals surface area contributed by atoms with E-state index < -0.39 is 83.5 Å². The molecule has 7 aliphatic rings. The van der Waals surface area contributed by atoms with Gasteiger partial charge in [0, 0.05) is 168 Å². The smallest absolute Gasteiger partial charge is 0.408 e. The molecule has 2 atom stereocenters. The Kier molecular flexibility index (Phi) is 32.7. The molecule has 31 heteroatoms. The standard InChI is InChI=1S/C114H124N10O18S3/c1-8-121-97-53-49-86(144(134,135)136)72-91(97)113(4,5)103(121)44-19-13-20-45-104-114(6,7)92-73-87(145(137,138)139)50-54-98(92)124(104)62-32-14-21-46-105(126)115-59-31-28-40-93(118-110(129)94(69-78-33-15-11-16-34-78)119-112(131)141-74-79-35-17-12-18-36-79)99(125)75-140-111(130)106-76(2)67-83(68-77(106)3)109(128)117-61-30-10-9-29-60-116-108(127)82-55-63-120(64-56-82)143(132,133)102-43-27-24-39-90(102)107-88-51-47-84(122-65-57-80-37-22-25-41-95(80)122)70-100(88)142-101-71-85(48-52-89(101)107)123-66-58-81-38-23-26-42-96(81)123/h11-13,15-20,22-27,33-39,41-45,47-54,67-68,70-73,82,93-94H,8-10,14,21,28-32,40,46,55-66,69,74-75H2,1-7H3,(H5-2,115,116,117,118,119,126,127,128,129,131,134,135,136,137,138,139)/p+2/t93-,94-/m0/s1. The Morgan fingerprint density at radius 3 is 1.96 bits per heavy atom. The minimum absolute atomic E-state index is 0.0249. The number of sulfonamides is 1. The van der Waals surface area contributed by atoms with Gasteiger partial charge in [-0.2, -0.15) is 30.3 Å². The number of allylic oxidation sites excluding steroid dienone is 6. The monoisotopic (exact) mass is 2020 g/mol. The second-order valence-corrected chi connectivity index (χ2v) is 43.6. The van der Waals surface area contributed by atoms with Crippen LogP contribution in [-0.2, 0) is 95.6 Å². The van der Waals surface area contributed by atoms with Crippen molar-refractivity contribution in [2.75, 3.05) is 75.3 Å². The lowest BCUT2D eigenvalue weighted by Gasteiger charge is -2.31. The molecule has 28 nitrogen and oxygen atoms in total. The summed E-state index contributed by atoms with van der Waals surface area (Å²) in [6, 6.07) is 64.3. The summed E-state index contributed by atoms with van der Waals surface area (Å²) in [5, 5.41) is 16.3. The Morgan fingerprint density at radius 2 is 1.23 bits per heavy atom. The number of alkyl carbamates (subject to hydrolysis) is 1. The molecule has 1 saturated heterocycles. The van der Waals surface area contributed by atoms with E-state index in [1.807, 2.05) is 101 Å². The third-order valence-electron chi connectivity index (χ3n) is 28.4. The molecule has 1 fully saturated rings. The summed E-state index contributed by atoms with van der Waals surface area (Å²) < 4.78 is 123. The average molecular weight is 2020 g/mol. The molecule has 0 bridgehead atoms. The number of rotatable bonds is 41.